The number of aromatic nitrogens is 1. The van der Waals surface area contributed by atoms with E-state index in [2.05, 4.69) is 30.3 Å². The average Bonchev–Trinajstić information content (AvgIpc) is 3.13. The van der Waals surface area contributed by atoms with Crippen LogP contribution >= 0.6 is 23.8 Å². The molecule has 1 aromatic heterocycles. The van der Waals surface area contributed by atoms with Crippen molar-refractivity contribution in [2.24, 2.45) is 0 Å². The van der Waals surface area contributed by atoms with Gasteiger partial charge >= 0.3 is 6.18 Å². The molecule has 3 rings (SSSR count). The molecule has 1 unspecified atom stereocenters. The number of halogens is 3. The lowest BCUT2D eigenvalue weighted by Gasteiger charge is -2.30. The van der Waals surface area contributed by atoms with E-state index >= 15 is 0 Å². The highest BCUT2D eigenvalue weighted by Gasteiger charge is 2.34. The largest absolute Gasteiger partial charge is 0.416 e. The van der Waals surface area contributed by atoms with Crippen LogP contribution in [0.1, 0.15) is 35.6 Å². The molecule has 1 heterocycles. The smallest absolute Gasteiger partial charge is 0.361 e. The maximum Gasteiger partial charge on any atom is 0.416 e. The van der Waals surface area contributed by atoms with Gasteiger partial charge in [-0.2, -0.15) is 24.9 Å². The van der Waals surface area contributed by atoms with Crippen LogP contribution in [0.4, 0.5) is 13.2 Å². The molecule has 156 valence electrons. The number of hydrogen-bond donors (Lipinski definition) is 1. The molecular formula is C22H24F3NOS2. The lowest BCUT2D eigenvalue weighted by molar-refractivity contribution is -0.137. The van der Waals surface area contributed by atoms with E-state index in [9.17, 15) is 13.2 Å². The maximum absolute atomic E-state index is 13.0. The summed E-state index contributed by atoms with van der Waals surface area (Å²) >= 11 is 3.05. The summed E-state index contributed by atoms with van der Waals surface area (Å²) in [5.41, 5.74) is 3.09. The number of benzene rings is 2. The Kier molecular flexibility index (Phi) is 6.91. The van der Waals surface area contributed by atoms with Gasteiger partial charge in [-0.05, 0) is 53.5 Å². The van der Waals surface area contributed by atoms with E-state index in [1.807, 2.05) is 18.5 Å². The van der Waals surface area contributed by atoms with Crippen LogP contribution in [0.2, 0.25) is 0 Å². The Morgan fingerprint density at radius 1 is 1.00 bits per heavy atom. The highest BCUT2D eigenvalue weighted by molar-refractivity contribution is 7.97. The van der Waals surface area contributed by atoms with Gasteiger partial charge in [-0.3, -0.25) is 0 Å². The van der Waals surface area contributed by atoms with Gasteiger partial charge in [-0.1, -0.05) is 37.3 Å². The molecule has 1 N–H and O–H groups in total. The van der Waals surface area contributed by atoms with Crippen LogP contribution in [0.15, 0.2) is 48.7 Å². The molecule has 0 fully saturated rings. The zero-order valence-corrected chi connectivity index (χ0v) is 18.2. The molecule has 0 aliphatic heterocycles. The van der Waals surface area contributed by atoms with Crippen molar-refractivity contribution < 1.29 is 17.4 Å². The van der Waals surface area contributed by atoms with Gasteiger partial charge in [0.25, 0.3) is 0 Å². The zero-order valence-electron chi connectivity index (χ0n) is 16.6. The van der Waals surface area contributed by atoms with Crippen LogP contribution in [0.3, 0.4) is 0 Å². The van der Waals surface area contributed by atoms with Gasteiger partial charge in [0.1, 0.15) is 0 Å². The highest BCUT2D eigenvalue weighted by atomic mass is 32.2. The fraction of sp³-hybridized carbons (Fsp3) is 0.364. The molecular weight excluding hydrogens is 415 g/mol. The number of hydrogen-bond acceptors (Lipinski definition) is 3. The summed E-state index contributed by atoms with van der Waals surface area (Å²) in [6, 6.07) is 11.7. The highest BCUT2D eigenvalue weighted by Crippen LogP contribution is 2.41. The van der Waals surface area contributed by atoms with Crippen LogP contribution in [0.25, 0.3) is 10.9 Å². The van der Waals surface area contributed by atoms with Crippen LogP contribution in [-0.4, -0.2) is 24.1 Å². The minimum absolute atomic E-state index is 0.490. The van der Waals surface area contributed by atoms with E-state index < -0.39 is 17.2 Å². The summed E-state index contributed by atoms with van der Waals surface area (Å²) in [5.74, 6) is 0.893. The molecule has 0 amide bonds. The standard InChI is InChI=1S/C22H24F3NOS2/c1-21(11-12-27-29-3,16-7-9-17(10-8-16)22(23,24)25)19-13-26-20-15(14-28-2)5-4-6-18(19)20/h4-10,13,26H,11-12,14H2,1-3H3. The second-order valence-corrected chi connectivity index (χ2v) is 8.56. The van der Waals surface area contributed by atoms with Crippen molar-refractivity contribution in [1.82, 2.24) is 4.98 Å². The Bertz CT molecular complexity index is 953. The SMILES string of the molecule is CSCc1cccc2c(C(C)(CCOSC)c3ccc(C(F)(F)F)cc3)c[nH]c12. The molecule has 0 bridgehead atoms. The predicted octanol–water partition coefficient (Wildman–Crippen LogP) is 7.04. The molecule has 7 heteroatoms. The fourth-order valence-electron chi connectivity index (χ4n) is 3.74. The minimum Gasteiger partial charge on any atom is -0.361 e. The van der Waals surface area contributed by atoms with Crippen LogP contribution < -0.4 is 0 Å². The van der Waals surface area contributed by atoms with Gasteiger partial charge in [0.15, 0.2) is 0 Å². The summed E-state index contributed by atoms with van der Waals surface area (Å²) in [6.45, 7) is 2.57. The molecule has 0 aliphatic rings. The number of thioether (sulfide) groups is 1. The first kappa shape index (κ1) is 22.1. The van der Waals surface area contributed by atoms with E-state index in [1.54, 1.807) is 23.9 Å². The van der Waals surface area contributed by atoms with Crippen LogP contribution in [-0.2, 0) is 21.5 Å². The summed E-state index contributed by atoms with van der Waals surface area (Å²) < 4.78 is 44.6. The average molecular weight is 440 g/mol. The number of aromatic amines is 1. The second-order valence-electron chi connectivity index (χ2n) is 7.12. The summed E-state index contributed by atoms with van der Waals surface area (Å²) in [7, 11) is 0. The van der Waals surface area contributed by atoms with E-state index in [0.29, 0.717) is 13.0 Å². The number of rotatable bonds is 8. The van der Waals surface area contributed by atoms with Gasteiger partial charge < -0.3 is 9.17 Å². The van der Waals surface area contributed by atoms with E-state index in [1.165, 1.54) is 17.6 Å². The predicted molar refractivity (Wildman–Crippen MR) is 117 cm³/mol. The first-order valence-corrected chi connectivity index (χ1v) is 11.8. The first-order chi connectivity index (χ1) is 13.8. The van der Waals surface area contributed by atoms with E-state index in [0.717, 1.165) is 39.9 Å². The Hall–Kier alpha value is -1.57. The molecule has 0 spiro atoms. The zero-order chi connectivity index (χ0) is 21.1. The van der Waals surface area contributed by atoms with Crippen molar-refractivity contribution in [3.05, 3.63) is 70.9 Å². The minimum atomic E-state index is -4.34. The quantitative estimate of drug-likeness (QED) is 0.301. The summed E-state index contributed by atoms with van der Waals surface area (Å²) in [5, 5.41) is 1.10. The molecule has 3 aromatic rings. The van der Waals surface area contributed by atoms with E-state index in [-0.39, 0.29) is 0 Å². The van der Waals surface area contributed by atoms with E-state index in [4.69, 9.17) is 4.18 Å². The molecule has 2 nitrogen and oxygen atoms in total. The van der Waals surface area contributed by atoms with Crippen molar-refractivity contribution in [2.75, 3.05) is 19.1 Å². The van der Waals surface area contributed by atoms with Crippen molar-refractivity contribution in [1.29, 1.82) is 0 Å². The Labute approximate surface area is 177 Å². The maximum atomic E-state index is 13.0. The summed E-state index contributed by atoms with van der Waals surface area (Å²) in [6.07, 6.45) is 2.22. The third kappa shape index (κ3) is 4.62. The lowest BCUT2D eigenvalue weighted by Crippen LogP contribution is -2.25. The Morgan fingerprint density at radius 3 is 2.31 bits per heavy atom. The Morgan fingerprint density at radius 2 is 1.69 bits per heavy atom. The normalized spacial score (nSPS) is 14.3. The lowest BCUT2D eigenvalue weighted by atomic mass is 9.73. The number of alkyl halides is 3. The van der Waals surface area contributed by atoms with Gasteiger partial charge in [-0.15, -0.1) is 0 Å². The molecule has 29 heavy (non-hydrogen) atoms. The monoisotopic (exact) mass is 439 g/mol. The van der Waals surface area contributed by atoms with Crippen molar-refractivity contribution in [3.63, 3.8) is 0 Å². The Balaban J connectivity index is 2.10. The molecule has 0 radical (unpaired) electrons. The van der Waals surface area contributed by atoms with Gasteiger partial charge in [-0.25, -0.2) is 0 Å². The van der Waals surface area contributed by atoms with Gasteiger partial charge in [0, 0.05) is 34.5 Å². The van der Waals surface area contributed by atoms with Crippen LogP contribution in [0.5, 0.6) is 0 Å². The number of nitrogens with one attached hydrogen (secondary N) is 1. The molecule has 0 saturated heterocycles. The molecule has 0 aliphatic carbocycles. The number of para-hydroxylation sites is 1. The van der Waals surface area contributed by atoms with Crippen molar-refractivity contribution in [3.8, 4) is 0 Å². The van der Waals surface area contributed by atoms with Gasteiger partial charge in [0.2, 0.25) is 0 Å². The summed E-state index contributed by atoms with van der Waals surface area (Å²) in [4.78, 5) is 3.40. The molecule has 0 saturated carbocycles. The second kappa shape index (κ2) is 9.06. The molecule has 1 atom stereocenters. The van der Waals surface area contributed by atoms with Crippen molar-refractivity contribution >= 4 is 34.7 Å². The number of fused-ring (bicyclic) bond motifs is 1. The van der Waals surface area contributed by atoms with Crippen LogP contribution in [0, 0.1) is 0 Å². The topological polar surface area (TPSA) is 25.0 Å². The molecule has 2 aromatic carbocycles. The third-order valence-electron chi connectivity index (χ3n) is 5.35. The number of H-pyrrole nitrogens is 1. The first-order valence-electron chi connectivity index (χ1n) is 9.23. The third-order valence-corrected chi connectivity index (χ3v) is 6.35. The fourth-order valence-corrected chi connectivity index (χ4v) is 4.54. The van der Waals surface area contributed by atoms with Gasteiger partial charge in [0.05, 0.1) is 12.2 Å². The van der Waals surface area contributed by atoms with Crippen molar-refractivity contribution in [2.45, 2.75) is 30.7 Å².